The van der Waals surface area contributed by atoms with Crippen LogP contribution in [0.2, 0.25) is 0 Å². The lowest BCUT2D eigenvalue weighted by atomic mass is 10.1. The Labute approximate surface area is 183 Å². The van der Waals surface area contributed by atoms with Gasteiger partial charge in [0.1, 0.15) is 5.75 Å². The molecule has 0 aliphatic carbocycles. The predicted molar refractivity (Wildman–Crippen MR) is 124 cm³/mol. The van der Waals surface area contributed by atoms with Crippen LogP contribution in [0, 0.1) is 5.92 Å². The van der Waals surface area contributed by atoms with Crippen molar-refractivity contribution < 1.29 is 14.3 Å². The van der Waals surface area contributed by atoms with E-state index in [0.717, 1.165) is 18.6 Å². The molecule has 6 nitrogen and oxygen atoms in total. The summed E-state index contributed by atoms with van der Waals surface area (Å²) in [6.07, 6.45) is 1.82. The van der Waals surface area contributed by atoms with Crippen molar-refractivity contribution in [1.82, 2.24) is 10.6 Å². The molecule has 3 N–H and O–H groups in total. The zero-order chi connectivity index (χ0) is 21.9. The van der Waals surface area contributed by atoms with E-state index in [0.29, 0.717) is 35.9 Å². The van der Waals surface area contributed by atoms with Crippen molar-refractivity contribution >= 4 is 34.8 Å². The van der Waals surface area contributed by atoms with E-state index in [1.165, 1.54) is 0 Å². The van der Waals surface area contributed by atoms with Crippen LogP contribution in [-0.4, -0.2) is 30.1 Å². The summed E-state index contributed by atoms with van der Waals surface area (Å²) in [6, 6.07) is 13.9. The molecule has 2 aromatic carbocycles. The summed E-state index contributed by atoms with van der Waals surface area (Å²) in [4.78, 5) is 24.8. The lowest BCUT2D eigenvalue weighted by molar-refractivity contribution is 0.0952. The van der Waals surface area contributed by atoms with Gasteiger partial charge in [0, 0.05) is 12.1 Å². The maximum atomic E-state index is 12.5. The number of hydrogen-bond donors (Lipinski definition) is 3. The number of ether oxygens (including phenoxy) is 1. The fourth-order valence-electron chi connectivity index (χ4n) is 2.57. The topological polar surface area (TPSA) is 79.5 Å². The minimum absolute atomic E-state index is 0.119. The molecule has 30 heavy (non-hydrogen) atoms. The number of amides is 2. The van der Waals surface area contributed by atoms with Crippen molar-refractivity contribution in [1.29, 1.82) is 0 Å². The van der Waals surface area contributed by atoms with Gasteiger partial charge in [0.25, 0.3) is 11.8 Å². The van der Waals surface area contributed by atoms with Gasteiger partial charge in [0.15, 0.2) is 5.11 Å². The van der Waals surface area contributed by atoms with Gasteiger partial charge in [-0.3, -0.25) is 14.9 Å². The first-order chi connectivity index (χ1) is 14.4. The number of thiocarbonyl (C=S) groups is 1. The van der Waals surface area contributed by atoms with Crippen molar-refractivity contribution in [2.75, 3.05) is 18.5 Å². The van der Waals surface area contributed by atoms with E-state index in [-0.39, 0.29) is 16.9 Å². The molecule has 160 valence electrons. The highest BCUT2D eigenvalue weighted by molar-refractivity contribution is 7.80. The standard InChI is InChI=1S/C23H29N3O3S/c1-4-14-24-22(28)19-7-5-6-8-20(19)25-23(30)26-21(27)17-9-11-18(12-10-17)29-15-13-16(2)3/h5-12,16H,4,13-15H2,1-3H3,(H,24,28)(H2,25,26,27,30). The normalized spacial score (nSPS) is 10.4. The fraction of sp³-hybridized carbons (Fsp3) is 0.348. The van der Waals surface area contributed by atoms with Gasteiger partial charge >= 0.3 is 0 Å². The maximum Gasteiger partial charge on any atom is 0.257 e. The molecule has 2 aromatic rings. The monoisotopic (exact) mass is 427 g/mol. The lowest BCUT2D eigenvalue weighted by Gasteiger charge is -2.13. The third-order valence-corrected chi connectivity index (χ3v) is 4.47. The summed E-state index contributed by atoms with van der Waals surface area (Å²) in [7, 11) is 0. The first kappa shape index (κ1) is 23.3. The Morgan fingerprint density at radius 2 is 1.73 bits per heavy atom. The number of carbonyl (C=O) groups excluding carboxylic acids is 2. The highest BCUT2D eigenvalue weighted by Crippen LogP contribution is 2.16. The van der Waals surface area contributed by atoms with Crippen LogP contribution in [-0.2, 0) is 0 Å². The minimum Gasteiger partial charge on any atom is -0.494 e. The summed E-state index contributed by atoms with van der Waals surface area (Å²) in [5, 5.41) is 8.52. The largest absolute Gasteiger partial charge is 0.494 e. The van der Waals surface area contributed by atoms with Crippen LogP contribution < -0.4 is 20.7 Å². The molecule has 0 aliphatic rings. The molecule has 0 fully saturated rings. The molecule has 0 aliphatic heterocycles. The first-order valence-corrected chi connectivity index (χ1v) is 10.5. The molecule has 2 rings (SSSR count). The number of para-hydroxylation sites is 1. The smallest absolute Gasteiger partial charge is 0.257 e. The Morgan fingerprint density at radius 3 is 2.40 bits per heavy atom. The van der Waals surface area contributed by atoms with Crippen LogP contribution in [0.3, 0.4) is 0 Å². The van der Waals surface area contributed by atoms with E-state index in [9.17, 15) is 9.59 Å². The Morgan fingerprint density at radius 1 is 1.03 bits per heavy atom. The molecule has 0 bridgehead atoms. The summed E-state index contributed by atoms with van der Waals surface area (Å²) >= 11 is 5.25. The quantitative estimate of drug-likeness (QED) is 0.518. The van der Waals surface area contributed by atoms with Gasteiger partial charge < -0.3 is 15.4 Å². The number of rotatable bonds is 9. The van der Waals surface area contributed by atoms with Gasteiger partial charge in [-0.2, -0.15) is 0 Å². The van der Waals surface area contributed by atoms with Crippen LogP contribution in [0.1, 0.15) is 54.3 Å². The minimum atomic E-state index is -0.339. The van der Waals surface area contributed by atoms with Crippen LogP contribution in [0.25, 0.3) is 0 Å². The Balaban J connectivity index is 1.94. The number of hydrogen-bond acceptors (Lipinski definition) is 4. The summed E-state index contributed by atoms with van der Waals surface area (Å²) in [5.41, 5.74) is 1.46. The number of nitrogens with one attached hydrogen (secondary N) is 3. The number of anilines is 1. The molecule has 0 radical (unpaired) electrons. The molecule has 0 spiro atoms. The van der Waals surface area contributed by atoms with Crippen LogP contribution in [0.5, 0.6) is 5.75 Å². The molecular weight excluding hydrogens is 398 g/mol. The Bertz CT molecular complexity index is 866. The molecular formula is C23H29N3O3S. The molecule has 0 aromatic heterocycles. The third kappa shape index (κ3) is 7.48. The molecule has 2 amide bonds. The average Bonchev–Trinajstić information content (AvgIpc) is 2.72. The number of carbonyl (C=O) groups is 2. The van der Waals surface area contributed by atoms with E-state index < -0.39 is 0 Å². The van der Waals surface area contributed by atoms with E-state index in [2.05, 4.69) is 29.8 Å². The van der Waals surface area contributed by atoms with E-state index >= 15 is 0 Å². The highest BCUT2D eigenvalue weighted by atomic mass is 32.1. The van der Waals surface area contributed by atoms with Gasteiger partial charge in [0.05, 0.1) is 17.9 Å². The average molecular weight is 428 g/mol. The fourth-order valence-corrected chi connectivity index (χ4v) is 2.77. The highest BCUT2D eigenvalue weighted by Gasteiger charge is 2.13. The van der Waals surface area contributed by atoms with E-state index in [1.54, 1.807) is 48.5 Å². The SMILES string of the molecule is CCCNC(=O)c1ccccc1NC(=S)NC(=O)c1ccc(OCCC(C)C)cc1. The zero-order valence-electron chi connectivity index (χ0n) is 17.7. The first-order valence-electron chi connectivity index (χ1n) is 10.1. The second-order valence-corrected chi connectivity index (χ2v) is 7.67. The molecule has 7 heteroatoms. The summed E-state index contributed by atoms with van der Waals surface area (Å²) in [5.74, 6) is 0.766. The van der Waals surface area contributed by atoms with Gasteiger partial charge in [0.2, 0.25) is 0 Å². The summed E-state index contributed by atoms with van der Waals surface area (Å²) < 4.78 is 5.67. The molecule has 0 unspecified atom stereocenters. The van der Waals surface area contributed by atoms with Crippen molar-refractivity contribution in [2.24, 2.45) is 5.92 Å². The maximum absolute atomic E-state index is 12.5. The number of benzene rings is 2. The van der Waals surface area contributed by atoms with E-state index in [1.807, 2.05) is 6.92 Å². The third-order valence-electron chi connectivity index (χ3n) is 4.26. The van der Waals surface area contributed by atoms with Gasteiger partial charge in [-0.05, 0) is 67.4 Å². The second-order valence-electron chi connectivity index (χ2n) is 7.27. The predicted octanol–water partition coefficient (Wildman–Crippen LogP) is 4.38. The van der Waals surface area contributed by atoms with Crippen LogP contribution in [0.15, 0.2) is 48.5 Å². The van der Waals surface area contributed by atoms with Crippen LogP contribution in [0.4, 0.5) is 5.69 Å². The molecule has 0 atom stereocenters. The van der Waals surface area contributed by atoms with Crippen molar-refractivity contribution in [3.63, 3.8) is 0 Å². The Hall–Kier alpha value is -2.93. The van der Waals surface area contributed by atoms with Crippen LogP contribution >= 0.6 is 12.2 Å². The van der Waals surface area contributed by atoms with Gasteiger partial charge in [-0.25, -0.2) is 0 Å². The zero-order valence-corrected chi connectivity index (χ0v) is 18.5. The van der Waals surface area contributed by atoms with Crippen molar-refractivity contribution in [2.45, 2.75) is 33.6 Å². The van der Waals surface area contributed by atoms with Gasteiger partial charge in [-0.1, -0.05) is 32.9 Å². The molecule has 0 saturated heterocycles. The van der Waals surface area contributed by atoms with Gasteiger partial charge in [-0.15, -0.1) is 0 Å². The van der Waals surface area contributed by atoms with Crippen molar-refractivity contribution in [3.8, 4) is 5.75 Å². The molecule has 0 saturated carbocycles. The Kier molecular flexibility index (Phi) is 9.28. The van der Waals surface area contributed by atoms with Crippen molar-refractivity contribution in [3.05, 3.63) is 59.7 Å². The van der Waals surface area contributed by atoms with E-state index in [4.69, 9.17) is 17.0 Å². The molecule has 0 heterocycles. The lowest BCUT2D eigenvalue weighted by Crippen LogP contribution is -2.35. The summed E-state index contributed by atoms with van der Waals surface area (Å²) in [6.45, 7) is 7.50. The second kappa shape index (κ2) is 11.9.